The number of ether oxygens (including phenoxy) is 1. The summed E-state index contributed by atoms with van der Waals surface area (Å²) in [5, 5.41) is 9.61. The first-order valence-corrected chi connectivity index (χ1v) is 11.4. The largest absolute Gasteiger partial charge is 0.387 e. The molecule has 1 aliphatic rings. The first-order valence-electron chi connectivity index (χ1n) is 11.4. The van der Waals surface area contributed by atoms with Crippen molar-refractivity contribution in [3.8, 4) is 0 Å². The van der Waals surface area contributed by atoms with Crippen LogP contribution in [0.15, 0.2) is 41.8 Å². The molecule has 0 radical (unpaired) electrons. The number of aryl methyl sites for hydroxylation is 2. The van der Waals surface area contributed by atoms with Crippen LogP contribution in [0.4, 0.5) is 0 Å². The van der Waals surface area contributed by atoms with Gasteiger partial charge in [-0.2, -0.15) is 0 Å². The van der Waals surface area contributed by atoms with E-state index in [2.05, 4.69) is 33.6 Å². The van der Waals surface area contributed by atoms with Gasteiger partial charge in [0.05, 0.1) is 24.8 Å². The van der Waals surface area contributed by atoms with Crippen molar-refractivity contribution in [1.82, 2.24) is 29.0 Å². The summed E-state index contributed by atoms with van der Waals surface area (Å²) in [5.41, 5.74) is 5.16. The summed E-state index contributed by atoms with van der Waals surface area (Å²) in [6.45, 7) is 10.2. The molecule has 0 unspecified atom stereocenters. The van der Waals surface area contributed by atoms with E-state index >= 15 is 0 Å². The summed E-state index contributed by atoms with van der Waals surface area (Å²) in [6.07, 6.45) is 4.49. The lowest BCUT2D eigenvalue weighted by Crippen LogP contribution is -2.37. The Morgan fingerprint density at radius 1 is 1.09 bits per heavy atom. The molecule has 0 N–H and O–H groups in total. The fourth-order valence-electron chi connectivity index (χ4n) is 4.32. The van der Waals surface area contributed by atoms with Gasteiger partial charge in [-0.25, -0.2) is 14.5 Å². The van der Waals surface area contributed by atoms with Gasteiger partial charge >= 0.3 is 0 Å². The standard InChI is InChI=1S/C24H29N7O2/c1-18-19(2)30(10-6-9-29-11-13-32-14-12-29)23-22(18)24-27-21(28-31(24)17-25-23)16-33-26-15-20-7-4-3-5-8-20/h3-5,7-8,15,17H,6,9-14,16H2,1-2H3. The summed E-state index contributed by atoms with van der Waals surface area (Å²) >= 11 is 0. The van der Waals surface area contributed by atoms with Gasteiger partial charge in [0.25, 0.3) is 0 Å². The van der Waals surface area contributed by atoms with Gasteiger partial charge in [0.2, 0.25) is 0 Å². The molecule has 9 nitrogen and oxygen atoms in total. The van der Waals surface area contributed by atoms with Crippen molar-refractivity contribution >= 4 is 22.9 Å². The predicted molar refractivity (Wildman–Crippen MR) is 126 cm³/mol. The van der Waals surface area contributed by atoms with E-state index in [0.717, 1.165) is 68.1 Å². The van der Waals surface area contributed by atoms with Crippen molar-refractivity contribution < 1.29 is 9.57 Å². The van der Waals surface area contributed by atoms with Gasteiger partial charge in [0, 0.05) is 31.9 Å². The molecular weight excluding hydrogens is 418 g/mol. The van der Waals surface area contributed by atoms with Crippen molar-refractivity contribution in [2.24, 2.45) is 5.16 Å². The van der Waals surface area contributed by atoms with Gasteiger partial charge in [0.1, 0.15) is 12.0 Å². The van der Waals surface area contributed by atoms with E-state index in [1.807, 2.05) is 30.3 Å². The zero-order valence-corrected chi connectivity index (χ0v) is 19.1. The SMILES string of the molecule is Cc1c(C)n(CCCN2CCOCC2)c2ncn3nc(CON=Cc4ccccc4)nc3c12. The van der Waals surface area contributed by atoms with Crippen molar-refractivity contribution in [3.05, 3.63) is 59.3 Å². The molecule has 0 amide bonds. The van der Waals surface area contributed by atoms with Gasteiger partial charge in [-0.15, -0.1) is 5.10 Å². The lowest BCUT2D eigenvalue weighted by atomic mass is 10.2. The van der Waals surface area contributed by atoms with Crippen LogP contribution in [0.3, 0.4) is 0 Å². The molecule has 33 heavy (non-hydrogen) atoms. The molecular formula is C24H29N7O2. The summed E-state index contributed by atoms with van der Waals surface area (Å²) in [7, 11) is 0. The lowest BCUT2D eigenvalue weighted by molar-refractivity contribution is 0.0369. The minimum absolute atomic E-state index is 0.199. The smallest absolute Gasteiger partial charge is 0.192 e. The van der Waals surface area contributed by atoms with Crippen LogP contribution in [0.5, 0.6) is 0 Å². The summed E-state index contributed by atoms with van der Waals surface area (Å²) in [4.78, 5) is 17.4. The summed E-state index contributed by atoms with van der Waals surface area (Å²) < 4.78 is 9.48. The maximum atomic E-state index is 5.45. The number of fused-ring (bicyclic) bond motifs is 3. The highest BCUT2D eigenvalue weighted by Gasteiger charge is 2.18. The highest BCUT2D eigenvalue weighted by molar-refractivity contribution is 5.93. The quantitative estimate of drug-likeness (QED) is 0.305. The minimum atomic E-state index is 0.199. The monoisotopic (exact) mass is 447 g/mol. The molecule has 1 aliphatic heterocycles. The van der Waals surface area contributed by atoms with Crippen molar-refractivity contribution in [3.63, 3.8) is 0 Å². The Morgan fingerprint density at radius 3 is 2.73 bits per heavy atom. The van der Waals surface area contributed by atoms with E-state index in [0.29, 0.717) is 5.82 Å². The molecule has 172 valence electrons. The number of aromatic nitrogens is 5. The Labute approximate surface area is 192 Å². The number of nitrogens with zero attached hydrogens (tertiary/aromatic N) is 7. The summed E-state index contributed by atoms with van der Waals surface area (Å²) in [5.74, 6) is 0.576. The number of morpholine rings is 1. The second-order valence-corrected chi connectivity index (χ2v) is 8.33. The molecule has 1 saturated heterocycles. The van der Waals surface area contributed by atoms with Crippen LogP contribution in [0.2, 0.25) is 0 Å². The van der Waals surface area contributed by atoms with E-state index in [9.17, 15) is 0 Å². The fourth-order valence-corrected chi connectivity index (χ4v) is 4.32. The van der Waals surface area contributed by atoms with E-state index in [-0.39, 0.29) is 6.61 Å². The number of hydrogen-bond acceptors (Lipinski definition) is 7. The topological polar surface area (TPSA) is 82.1 Å². The molecule has 0 aliphatic carbocycles. The molecule has 9 heteroatoms. The van der Waals surface area contributed by atoms with Gasteiger partial charge in [-0.1, -0.05) is 35.5 Å². The van der Waals surface area contributed by atoms with Crippen LogP contribution in [0, 0.1) is 13.8 Å². The molecule has 0 bridgehead atoms. The average Bonchev–Trinajstić information content (AvgIpc) is 3.37. The lowest BCUT2D eigenvalue weighted by Gasteiger charge is -2.26. The van der Waals surface area contributed by atoms with E-state index < -0.39 is 0 Å². The minimum Gasteiger partial charge on any atom is -0.387 e. The molecule has 0 spiro atoms. The van der Waals surface area contributed by atoms with Crippen molar-refractivity contribution in [2.45, 2.75) is 33.4 Å². The van der Waals surface area contributed by atoms with Gasteiger partial charge in [0.15, 0.2) is 18.1 Å². The second kappa shape index (κ2) is 9.68. The van der Waals surface area contributed by atoms with Crippen LogP contribution >= 0.6 is 0 Å². The highest BCUT2D eigenvalue weighted by atomic mass is 16.6. The summed E-state index contributed by atoms with van der Waals surface area (Å²) in [6, 6.07) is 9.82. The molecule has 3 aromatic heterocycles. The Kier molecular flexibility index (Phi) is 6.32. The van der Waals surface area contributed by atoms with E-state index in [1.165, 1.54) is 11.3 Å². The number of hydrogen-bond donors (Lipinski definition) is 0. The van der Waals surface area contributed by atoms with Gasteiger partial charge in [-0.05, 0) is 31.4 Å². The third-order valence-corrected chi connectivity index (χ3v) is 6.22. The van der Waals surface area contributed by atoms with Crippen LogP contribution in [-0.4, -0.2) is 68.1 Å². The van der Waals surface area contributed by atoms with Crippen LogP contribution in [0.25, 0.3) is 16.7 Å². The maximum Gasteiger partial charge on any atom is 0.192 e. The zero-order valence-electron chi connectivity index (χ0n) is 19.1. The Hall–Kier alpha value is -3.30. The third-order valence-electron chi connectivity index (χ3n) is 6.22. The number of benzene rings is 1. The molecule has 1 fully saturated rings. The normalized spacial score (nSPS) is 15.2. The molecule has 1 aromatic carbocycles. The number of rotatable bonds is 8. The second-order valence-electron chi connectivity index (χ2n) is 8.33. The average molecular weight is 448 g/mol. The Bertz CT molecular complexity index is 1260. The molecule has 4 aromatic rings. The molecule has 4 heterocycles. The van der Waals surface area contributed by atoms with Gasteiger partial charge in [-0.3, -0.25) is 4.90 Å². The zero-order chi connectivity index (χ0) is 22.6. The Morgan fingerprint density at radius 2 is 1.91 bits per heavy atom. The van der Waals surface area contributed by atoms with Crippen LogP contribution < -0.4 is 0 Å². The first-order chi connectivity index (χ1) is 16.2. The fraction of sp³-hybridized carbons (Fsp3) is 0.417. The van der Waals surface area contributed by atoms with Crippen molar-refractivity contribution in [2.75, 3.05) is 32.8 Å². The van der Waals surface area contributed by atoms with Crippen molar-refractivity contribution in [1.29, 1.82) is 0 Å². The van der Waals surface area contributed by atoms with E-state index in [4.69, 9.17) is 19.5 Å². The van der Waals surface area contributed by atoms with Crippen LogP contribution in [0.1, 0.15) is 29.1 Å². The third kappa shape index (κ3) is 4.60. The van der Waals surface area contributed by atoms with Crippen LogP contribution in [-0.2, 0) is 22.7 Å². The molecule has 5 rings (SSSR count). The first kappa shape index (κ1) is 21.5. The number of oxime groups is 1. The molecule has 0 saturated carbocycles. The Balaban J connectivity index is 1.31. The van der Waals surface area contributed by atoms with Gasteiger partial charge < -0.3 is 14.1 Å². The van der Waals surface area contributed by atoms with E-state index in [1.54, 1.807) is 17.1 Å². The molecule has 0 atom stereocenters. The maximum absolute atomic E-state index is 5.45. The predicted octanol–water partition coefficient (Wildman–Crippen LogP) is 2.97. The highest BCUT2D eigenvalue weighted by Crippen LogP contribution is 2.27.